The van der Waals surface area contributed by atoms with Crippen molar-refractivity contribution in [3.05, 3.63) is 194 Å². The summed E-state index contributed by atoms with van der Waals surface area (Å²) in [5.41, 5.74) is 19.1. The number of primary amides is 2. The summed E-state index contributed by atoms with van der Waals surface area (Å²) in [5.74, 6) is 0.655. The van der Waals surface area contributed by atoms with Crippen molar-refractivity contribution < 1.29 is 42.5 Å². The number of nitrogens with zero attached hydrogens (tertiary/aromatic N) is 3. The molecule has 7 aromatic rings. The van der Waals surface area contributed by atoms with Crippen LogP contribution in [0.4, 0.5) is 4.79 Å². The van der Waals surface area contributed by atoms with E-state index in [1.165, 1.54) is 15.6 Å². The molecule has 6 aromatic carbocycles. The number of hydrogen-bond acceptors (Lipinski definition) is 12. The van der Waals surface area contributed by atoms with Crippen LogP contribution in [-0.2, 0) is 35.9 Å². The van der Waals surface area contributed by atoms with Gasteiger partial charge >= 0.3 is 11.8 Å². The molecule has 0 aliphatic carbocycles. The van der Waals surface area contributed by atoms with Gasteiger partial charge in [-0.3, -0.25) is 14.4 Å². The molecule has 0 saturated heterocycles. The van der Waals surface area contributed by atoms with E-state index in [9.17, 15) is 24.0 Å². The average Bonchev–Trinajstić information content (AvgIpc) is 3.75. The Morgan fingerprint density at radius 3 is 1.63 bits per heavy atom. The Hall–Kier alpha value is -7.83. The molecule has 0 atom stereocenters. The van der Waals surface area contributed by atoms with E-state index in [0.29, 0.717) is 51.6 Å². The fourth-order valence-corrected chi connectivity index (χ4v) is 6.98. The van der Waals surface area contributed by atoms with E-state index < -0.39 is 23.6 Å². The smallest absolute Gasteiger partial charge is 0.437 e. The van der Waals surface area contributed by atoms with Crippen molar-refractivity contribution in [3.63, 3.8) is 0 Å². The van der Waals surface area contributed by atoms with Crippen LogP contribution in [0, 0.1) is 0 Å². The molecule has 396 valence electrons. The second kappa shape index (κ2) is 30.4. The second-order valence-corrected chi connectivity index (χ2v) is 17.7. The lowest BCUT2D eigenvalue weighted by atomic mass is 10.1. The molecule has 0 aliphatic heterocycles. The summed E-state index contributed by atoms with van der Waals surface area (Å²) in [7, 11) is 0. The topological polar surface area (TPSA) is 247 Å². The van der Waals surface area contributed by atoms with Crippen molar-refractivity contribution in [1.29, 1.82) is 0 Å². The third-order valence-corrected chi connectivity index (χ3v) is 10.6. The van der Waals surface area contributed by atoms with Gasteiger partial charge < -0.3 is 50.8 Å². The van der Waals surface area contributed by atoms with Gasteiger partial charge in [-0.15, -0.1) is 17.5 Å². The average molecular weight is 1090 g/mol. The highest BCUT2D eigenvalue weighted by Gasteiger charge is 2.21. The van der Waals surface area contributed by atoms with Gasteiger partial charge in [-0.1, -0.05) is 108 Å². The number of hydrogen-bond donors (Lipinski definition) is 4. The summed E-state index contributed by atoms with van der Waals surface area (Å²) in [6.07, 6.45) is -0.0655. The van der Waals surface area contributed by atoms with Crippen LogP contribution in [0.5, 0.6) is 23.0 Å². The maximum atomic E-state index is 13.0. The maximum absolute atomic E-state index is 13.0. The number of ketones is 1. The quantitative estimate of drug-likeness (QED) is 0.0493. The molecule has 1 aromatic heterocycles. The lowest BCUT2D eigenvalue weighted by molar-refractivity contribution is -0.117. The minimum absolute atomic E-state index is 0. The third-order valence-electron chi connectivity index (χ3n) is 10.1. The largest absolute Gasteiger partial charge is 0.489 e. The number of ether oxygens (including phenoxy) is 4. The molecule has 0 unspecified atom stereocenters. The standard InChI is InChI=1S/C28H30ClN3O5.C25H23ClN2O4.C2H6N2O.ClH/c1-19(2)37-26-13-10-22(14-24(26)29)25(33)17-32(28(35)31-15-27(30)34)16-20-8-11-23(12-9-20)36-18-21-6-4-3-5-7-21;1-17(2)31-23-13-10-20(14-22(23)26)24-27-28(25(29)32-24)15-18-8-11-21(12-9-18)30-16-19-6-4-3-5-7-19;3-1-2(4)5;/h3-14,19H,15-18H2,1-2H3,(H2,30,34)(H,31,35);3-14,17H,15-16H2,1-2H3;1,3H2,(H2,4,5);1H. The highest BCUT2D eigenvalue weighted by atomic mass is 35.5. The highest BCUT2D eigenvalue weighted by molar-refractivity contribution is 6.32. The van der Waals surface area contributed by atoms with Gasteiger partial charge in [-0.2, -0.15) is 4.68 Å². The molecule has 0 saturated carbocycles. The van der Waals surface area contributed by atoms with Gasteiger partial charge in [0.25, 0.3) is 0 Å². The minimum Gasteiger partial charge on any atom is -0.489 e. The number of nitrogens with two attached hydrogens (primary N) is 3. The summed E-state index contributed by atoms with van der Waals surface area (Å²) in [5, 5.41) is 7.48. The SMILES string of the molecule is CC(C)Oc1ccc(-c2nn(Cc3ccc(OCc4ccccc4)cc3)c(=O)o2)cc1Cl.CC(C)Oc1ccc(C(=O)CN(Cc2ccc(OCc3ccccc3)cc2)C(=O)NCC(N)=O)cc1Cl.Cl.NCC(N)=O. The van der Waals surface area contributed by atoms with Gasteiger partial charge in [-0.25, -0.2) is 9.59 Å². The lowest BCUT2D eigenvalue weighted by Gasteiger charge is -2.23. The summed E-state index contributed by atoms with van der Waals surface area (Å²) in [4.78, 5) is 60.0. The van der Waals surface area contributed by atoms with Gasteiger partial charge in [-0.05, 0) is 111 Å². The van der Waals surface area contributed by atoms with Crippen LogP contribution < -0.4 is 47.2 Å². The number of halogens is 3. The molecular formula is C55H60Cl3N7O10. The molecule has 0 radical (unpaired) electrons. The van der Waals surface area contributed by atoms with E-state index in [4.69, 9.17) is 58.0 Å². The highest BCUT2D eigenvalue weighted by Crippen LogP contribution is 2.31. The van der Waals surface area contributed by atoms with Gasteiger partial charge in [0.2, 0.25) is 17.7 Å². The molecule has 0 aliphatic rings. The fraction of sp³-hybridized carbons (Fsp3) is 0.236. The molecule has 7 N–H and O–H groups in total. The zero-order valence-corrected chi connectivity index (χ0v) is 44.1. The van der Waals surface area contributed by atoms with E-state index in [1.54, 1.807) is 42.5 Å². The molecule has 20 heteroatoms. The number of nitrogens with one attached hydrogen (secondary N) is 1. The molecule has 1 heterocycles. The lowest BCUT2D eigenvalue weighted by Crippen LogP contribution is -2.45. The second-order valence-electron chi connectivity index (χ2n) is 16.9. The Labute approximate surface area is 451 Å². The minimum atomic E-state index is -0.688. The van der Waals surface area contributed by atoms with Crippen molar-refractivity contribution in [3.8, 4) is 34.5 Å². The Morgan fingerprint density at radius 2 is 1.16 bits per heavy atom. The Morgan fingerprint density at radius 1 is 0.667 bits per heavy atom. The summed E-state index contributed by atoms with van der Waals surface area (Å²) in [6.45, 7) is 8.29. The number of benzene rings is 6. The van der Waals surface area contributed by atoms with Crippen molar-refractivity contribution in [2.24, 2.45) is 17.2 Å². The van der Waals surface area contributed by atoms with Crippen LogP contribution in [0.15, 0.2) is 155 Å². The first kappa shape index (κ1) is 59.7. The van der Waals surface area contributed by atoms with Crippen LogP contribution >= 0.6 is 35.6 Å². The number of amides is 4. The molecular weight excluding hydrogens is 1030 g/mol. The Balaban J connectivity index is 0.000000296. The Kier molecular flexibility index (Phi) is 24.2. The molecule has 0 fully saturated rings. The van der Waals surface area contributed by atoms with Crippen molar-refractivity contribution in [2.75, 3.05) is 19.6 Å². The summed E-state index contributed by atoms with van der Waals surface area (Å²) in [6, 6.07) is 43.8. The number of carbonyl (C=O) groups is 4. The van der Waals surface area contributed by atoms with Crippen LogP contribution in [0.3, 0.4) is 0 Å². The number of urea groups is 1. The number of aromatic nitrogens is 2. The summed E-state index contributed by atoms with van der Waals surface area (Å²) >= 11 is 12.6. The molecule has 0 bridgehead atoms. The first-order valence-corrected chi connectivity index (χ1v) is 24.1. The van der Waals surface area contributed by atoms with E-state index in [-0.39, 0.29) is 69.0 Å². The zero-order valence-electron chi connectivity index (χ0n) is 41.8. The van der Waals surface area contributed by atoms with Crippen LogP contribution in [-0.4, -0.2) is 70.2 Å². The third kappa shape index (κ3) is 20.5. The number of Topliss-reactive ketones (excluding diaryl/α,β-unsaturated/α-hetero) is 1. The van der Waals surface area contributed by atoms with Gasteiger partial charge in [0.15, 0.2) is 5.78 Å². The van der Waals surface area contributed by atoms with Gasteiger partial charge in [0.1, 0.15) is 36.2 Å². The fourth-order valence-electron chi connectivity index (χ4n) is 6.53. The molecule has 75 heavy (non-hydrogen) atoms. The van der Waals surface area contributed by atoms with Crippen molar-refractivity contribution in [1.82, 2.24) is 20.0 Å². The predicted molar refractivity (Wildman–Crippen MR) is 291 cm³/mol. The monoisotopic (exact) mass is 1080 g/mol. The van der Waals surface area contributed by atoms with Crippen molar-refractivity contribution >= 4 is 59.2 Å². The predicted octanol–water partition coefficient (Wildman–Crippen LogP) is 9.01. The van der Waals surface area contributed by atoms with E-state index in [0.717, 1.165) is 28.0 Å². The van der Waals surface area contributed by atoms with Gasteiger partial charge in [0.05, 0.1) is 48.4 Å². The van der Waals surface area contributed by atoms with Crippen LogP contribution in [0.25, 0.3) is 11.5 Å². The number of rotatable bonds is 21. The Bertz CT molecular complexity index is 2980. The molecule has 17 nitrogen and oxygen atoms in total. The van der Waals surface area contributed by atoms with Crippen LogP contribution in [0.1, 0.15) is 60.3 Å². The first-order chi connectivity index (χ1) is 35.5. The molecule has 0 spiro atoms. The number of carbonyl (C=O) groups excluding carboxylic acids is 4. The van der Waals surface area contributed by atoms with E-state index >= 15 is 0 Å². The van der Waals surface area contributed by atoms with Gasteiger partial charge in [0, 0.05) is 17.7 Å². The summed E-state index contributed by atoms with van der Waals surface area (Å²) < 4.78 is 29.5. The van der Waals surface area contributed by atoms with E-state index in [1.807, 2.05) is 125 Å². The van der Waals surface area contributed by atoms with E-state index in [2.05, 4.69) is 16.1 Å². The normalized spacial score (nSPS) is 10.4. The molecule has 7 rings (SSSR count). The van der Waals surface area contributed by atoms with Crippen molar-refractivity contribution in [2.45, 2.75) is 66.2 Å². The van der Waals surface area contributed by atoms with Crippen LogP contribution in [0.2, 0.25) is 10.0 Å². The first-order valence-electron chi connectivity index (χ1n) is 23.3. The zero-order chi connectivity index (χ0) is 53.6. The maximum Gasteiger partial charge on any atom is 0.437 e. The molecule has 4 amide bonds.